The number of rotatable bonds is 5. The second kappa shape index (κ2) is 7.13. The Bertz CT molecular complexity index is 363. The molecule has 0 aromatic heterocycles. The molecule has 1 aromatic carbocycles. The predicted octanol–water partition coefficient (Wildman–Crippen LogP) is 3.19. The summed E-state index contributed by atoms with van der Waals surface area (Å²) < 4.78 is 7.68. The topological polar surface area (TPSA) is 9.23 Å². The molecule has 3 atom stereocenters. The van der Waals surface area contributed by atoms with Crippen LogP contribution in [0.2, 0.25) is 5.32 Å². The normalized spacial score (nSPS) is 27.9. The van der Waals surface area contributed by atoms with E-state index in [0.29, 0.717) is 33.1 Å². The summed E-state index contributed by atoms with van der Waals surface area (Å²) in [6.45, 7) is 6.15. The molecule has 1 saturated heterocycles. The third-order valence-corrected chi connectivity index (χ3v) is 5.84. The van der Waals surface area contributed by atoms with Crippen LogP contribution in [0.25, 0.3) is 0 Å². The SMILES string of the molecule is C=CCC1CCC(C)C(C[Se]c2ccccc2)O1. The summed E-state index contributed by atoms with van der Waals surface area (Å²) in [4.78, 5) is 0. The van der Waals surface area contributed by atoms with Gasteiger partial charge in [0.2, 0.25) is 0 Å². The second-order valence-electron chi connectivity index (χ2n) is 5.00. The standard InChI is InChI=1S/C16H22OSe/c1-3-7-14-11-10-13(2)16(17-14)12-18-15-8-5-4-6-9-15/h3-6,8-9,13-14,16H,1,7,10-12H2,2H3. The Hall–Kier alpha value is -0.561. The second-order valence-corrected chi connectivity index (χ2v) is 7.29. The van der Waals surface area contributed by atoms with Crippen molar-refractivity contribution in [2.45, 2.75) is 43.7 Å². The van der Waals surface area contributed by atoms with Crippen LogP contribution in [0.3, 0.4) is 0 Å². The van der Waals surface area contributed by atoms with Gasteiger partial charge in [-0.25, -0.2) is 0 Å². The van der Waals surface area contributed by atoms with Gasteiger partial charge >= 0.3 is 117 Å². The molecule has 0 spiro atoms. The van der Waals surface area contributed by atoms with Crippen molar-refractivity contribution in [3.05, 3.63) is 43.0 Å². The maximum absolute atomic E-state index is 6.21. The number of ether oxygens (including phenoxy) is 1. The number of hydrogen-bond donors (Lipinski definition) is 0. The van der Waals surface area contributed by atoms with Gasteiger partial charge in [0, 0.05) is 0 Å². The summed E-state index contributed by atoms with van der Waals surface area (Å²) >= 11 is 0.538. The summed E-state index contributed by atoms with van der Waals surface area (Å²) in [7, 11) is 0. The van der Waals surface area contributed by atoms with Crippen molar-refractivity contribution in [2.24, 2.45) is 5.92 Å². The van der Waals surface area contributed by atoms with Gasteiger partial charge in [0.05, 0.1) is 0 Å². The van der Waals surface area contributed by atoms with Crippen LogP contribution >= 0.6 is 0 Å². The van der Waals surface area contributed by atoms with E-state index in [2.05, 4.69) is 43.8 Å². The predicted molar refractivity (Wildman–Crippen MR) is 78.5 cm³/mol. The maximum atomic E-state index is 6.21. The Morgan fingerprint density at radius 3 is 2.83 bits per heavy atom. The molecule has 0 bridgehead atoms. The van der Waals surface area contributed by atoms with Crippen molar-refractivity contribution in [3.63, 3.8) is 0 Å². The Morgan fingerprint density at radius 1 is 1.33 bits per heavy atom. The van der Waals surface area contributed by atoms with E-state index in [1.807, 2.05) is 6.08 Å². The van der Waals surface area contributed by atoms with E-state index in [0.717, 1.165) is 6.42 Å². The van der Waals surface area contributed by atoms with Gasteiger partial charge < -0.3 is 0 Å². The molecule has 1 heterocycles. The van der Waals surface area contributed by atoms with Gasteiger partial charge in [-0.1, -0.05) is 0 Å². The Balaban J connectivity index is 1.85. The summed E-state index contributed by atoms with van der Waals surface area (Å²) in [5.74, 6) is 0.705. The molecule has 1 aliphatic heterocycles. The van der Waals surface area contributed by atoms with Crippen LogP contribution in [0.5, 0.6) is 0 Å². The van der Waals surface area contributed by atoms with Crippen molar-refractivity contribution in [1.29, 1.82) is 0 Å². The molecule has 1 aliphatic rings. The first kappa shape index (κ1) is 13.9. The molecule has 98 valence electrons. The summed E-state index contributed by atoms with van der Waals surface area (Å²) in [5.41, 5.74) is 0. The monoisotopic (exact) mass is 310 g/mol. The van der Waals surface area contributed by atoms with Crippen molar-refractivity contribution >= 4 is 19.4 Å². The van der Waals surface area contributed by atoms with Crippen molar-refractivity contribution < 1.29 is 4.74 Å². The van der Waals surface area contributed by atoms with E-state index in [4.69, 9.17) is 4.74 Å². The molecule has 1 aromatic rings. The minimum atomic E-state index is 0.412. The van der Waals surface area contributed by atoms with E-state index in [1.54, 1.807) is 0 Å². The van der Waals surface area contributed by atoms with E-state index >= 15 is 0 Å². The van der Waals surface area contributed by atoms with E-state index in [-0.39, 0.29) is 0 Å². The van der Waals surface area contributed by atoms with Crippen LogP contribution in [0.15, 0.2) is 43.0 Å². The Labute approximate surface area is 117 Å². The Morgan fingerprint density at radius 2 is 2.11 bits per heavy atom. The molecule has 0 radical (unpaired) electrons. The quantitative estimate of drug-likeness (QED) is 0.599. The average molecular weight is 309 g/mol. The Kier molecular flexibility index (Phi) is 5.49. The fraction of sp³-hybridized carbons (Fsp3) is 0.500. The summed E-state index contributed by atoms with van der Waals surface area (Å²) in [6, 6.07) is 10.8. The third-order valence-electron chi connectivity index (χ3n) is 3.53. The van der Waals surface area contributed by atoms with Crippen molar-refractivity contribution in [2.75, 3.05) is 0 Å². The first-order valence-corrected chi connectivity index (χ1v) is 8.80. The molecular weight excluding hydrogens is 287 g/mol. The number of benzene rings is 1. The van der Waals surface area contributed by atoms with Gasteiger partial charge in [0.15, 0.2) is 0 Å². The first-order chi connectivity index (χ1) is 8.79. The van der Waals surface area contributed by atoms with Crippen LogP contribution < -0.4 is 4.46 Å². The van der Waals surface area contributed by atoms with Crippen LogP contribution in [-0.4, -0.2) is 27.2 Å². The van der Waals surface area contributed by atoms with Crippen LogP contribution in [0.1, 0.15) is 26.2 Å². The van der Waals surface area contributed by atoms with Crippen molar-refractivity contribution in [3.8, 4) is 0 Å². The molecule has 2 heteroatoms. The molecule has 0 aliphatic carbocycles. The molecule has 1 nitrogen and oxygen atoms in total. The van der Waals surface area contributed by atoms with E-state index in [9.17, 15) is 0 Å². The average Bonchev–Trinajstić information content (AvgIpc) is 2.41. The summed E-state index contributed by atoms with van der Waals surface area (Å²) in [6.07, 6.45) is 6.34. The van der Waals surface area contributed by atoms with Gasteiger partial charge in [0.25, 0.3) is 0 Å². The van der Waals surface area contributed by atoms with Crippen LogP contribution in [0, 0.1) is 5.92 Å². The molecule has 0 N–H and O–H groups in total. The molecular formula is C16H22OSe. The third kappa shape index (κ3) is 3.98. The van der Waals surface area contributed by atoms with E-state index in [1.165, 1.54) is 22.6 Å². The zero-order valence-corrected chi connectivity index (χ0v) is 12.8. The molecule has 0 amide bonds. The molecule has 18 heavy (non-hydrogen) atoms. The molecule has 2 rings (SSSR count). The fourth-order valence-corrected chi connectivity index (χ4v) is 4.68. The van der Waals surface area contributed by atoms with Gasteiger partial charge in [-0.05, 0) is 0 Å². The van der Waals surface area contributed by atoms with Gasteiger partial charge in [0.1, 0.15) is 0 Å². The summed E-state index contributed by atoms with van der Waals surface area (Å²) in [5, 5.41) is 1.20. The molecule has 0 saturated carbocycles. The van der Waals surface area contributed by atoms with E-state index < -0.39 is 0 Å². The van der Waals surface area contributed by atoms with Gasteiger partial charge in [-0.15, -0.1) is 0 Å². The van der Waals surface area contributed by atoms with Crippen molar-refractivity contribution in [1.82, 2.24) is 0 Å². The van der Waals surface area contributed by atoms with Crippen LogP contribution in [0.4, 0.5) is 0 Å². The molecule has 1 fully saturated rings. The van der Waals surface area contributed by atoms with Gasteiger partial charge in [-0.3, -0.25) is 0 Å². The van der Waals surface area contributed by atoms with Gasteiger partial charge in [-0.2, -0.15) is 0 Å². The number of hydrogen-bond acceptors (Lipinski definition) is 1. The molecule has 3 unspecified atom stereocenters. The zero-order chi connectivity index (χ0) is 12.8. The first-order valence-electron chi connectivity index (χ1n) is 6.74. The minimum absolute atomic E-state index is 0.412. The fourth-order valence-electron chi connectivity index (χ4n) is 2.34. The zero-order valence-electron chi connectivity index (χ0n) is 11.0. The van der Waals surface area contributed by atoms with Crippen LogP contribution in [-0.2, 0) is 4.74 Å².